The lowest BCUT2D eigenvalue weighted by atomic mass is 10.1. The van der Waals surface area contributed by atoms with Crippen LogP contribution in [0.3, 0.4) is 0 Å². The van der Waals surface area contributed by atoms with E-state index in [1.54, 1.807) is 12.1 Å². The van der Waals surface area contributed by atoms with E-state index in [0.717, 1.165) is 23.9 Å². The van der Waals surface area contributed by atoms with Crippen molar-refractivity contribution in [1.82, 2.24) is 4.90 Å². The van der Waals surface area contributed by atoms with Crippen LogP contribution < -0.4 is 5.73 Å². The zero-order valence-corrected chi connectivity index (χ0v) is 10.8. The summed E-state index contributed by atoms with van der Waals surface area (Å²) in [7, 11) is 0. The molecule has 0 spiro atoms. The number of amides is 1. The van der Waals surface area contributed by atoms with Crippen LogP contribution in [0.5, 0.6) is 0 Å². The number of carbonyl (C=O) groups is 1. The second-order valence-corrected chi connectivity index (χ2v) is 5.14. The Balaban J connectivity index is 2.27. The maximum atomic E-state index is 12.2. The number of halogens is 1. The van der Waals surface area contributed by atoms with Crippen molar-refractivity contribution < 1.29 is 4.79 Å². The number of hydrogen-bond donors (Lipinski definition) is 1. The van der Waals surface area contributed by atoms with Crippen molar-refractivity contribution in [2.45, 2.75) is 25.8 Å². The predicted molar refractivity (Wildman–Crippen MR) is 68.3 cm³/mol. The van der Waals surface area contributed by atoms with Gasteiger partial charge in [0, 0.05) is 22.7 Å². The number of rotatable bonds is 1. The van der Waals surface area contributed by atoms with Gasteiger partial charge in [0.25, 0.3) is 5.91 Å². The predicted octanol–water partition coefficient (Wildman–Crippen LogP) is 2.66. The Kier molecular flexibility index (Phi) is 3.19. The molecule has 0 bridgehead atoms. The molecule has 1 aliphatic heterocycles. The van der Waals surface area contributed by atoms with Gasteiger partial charge in [-0.15, -0.1) is 0 Å². The van der Waals surface area contributed by atoms with Gasteiger partial charge in [-0.1, -0.05) is 15.9 Å². The molecule has 1 unspecified atom stereocenters. The molecule has 3 nitrogen and oxygen atoms in total. The van der Waals surface area contributed by atoms with Crippen LogP contribution in [-0.2, 0) is 0 Å². The molecule has 0 aliphatic carbocycles. The molecule has 1 atom stereocenters. The van der Waals surface area contributed by atoms with E-state index in [0.29, 0.717) is 17.3 Å². The van der Waals surface area contributed by atoms with Gasteiger partial charge in [-0.05, 0) is 38.0 Å². The fourth-order valence-electron chi connectivity index (χ4n) is 2.12. The lowest BCUT2D eigenvalue weighted by molar-refractivity contribution is 0.0748. The fraction of sp³-hybridized carbons (Fsp3) is 0.417. The summed E-state index contributed by atoms with van der Waals surface area (Å²) in [6.07, 6.45) is 2.17. The third-order valence-electron chi connectivity index (χ3n) is 3.06. The zero-order chi connectivity index (χ0) is 11.7. The van der Waals surface area contributed by atoms with Crippen LogP contribution in [0.15, 0.2) is 22.7 Å². The van der Waals surface area contributed by atoms with Crippen LogP contribution in [-0.4, -0.2) is 23.4 Å². The second-order valence-electron chi connectivity index (χ2n) is 4.22. The first kappa shape index (κ1) is 11.5. The van der Waals surface area contributed by atoms with E-state index in [9.17, 15) is 4.79 Å². The number of hydrogen-bond acceptors (Lipinski definition) is 2. The van der Waals surface area contributed by atoms with E-state index < -0.39 is 0 Å². The maximum absolute atomic E-state index is 12.2. The van der Waals surface area contributed by atoms with Crippen LogP contribution >= 0.6 is 15.9 Å². The molecule has 1 heterocycles. The highest BCUT2D eigenvalue weighted by molar-refractivity contribution is 9.10. The molecule has 0 aromatic heterocycles. The monoisotopic (exact) mass is 282 g/mol. The Bertz CT molecular complexity index is 419. The van der Waals surface area contributed by atoms with Crippen molar-refractivity contribution >= 4 is 27.5 Å². The summed E-state index contributed by atoms with van der Waals surface area (Å²) >= 11 is 3.34. The molecule has 1 aromatic carbocycles. The van der Waals surface area contributed by atoms with E-state index in [2.05, 4.69) is 22.9 Å². The van der Waals surface area contributed by atoms with Gasteiger partial charge >= 0.3 is 0 Å². The Morgan fingerprint density at radius 2 is 2.31 bits per heavy atom. The minimum atomic E-state index is 0.0509. The van der Waals surface area contributed by atoms with Crippen LogP contribution in [0.1, 0.15) is 30.1 Å². The van der Waals surface area contributed by atoms with Crippen LogP contribution in [0.2, 0.25) is 0 Å². The molecular weight excluding hydrogens is 268 g/mol. The van der Waals surface area contributed by atoms with Gasteiger partial charge in [0.2, 0.25) is 0 Å². The Hall–Kier alpha value is -1.03. The van der Waals surface area contributed by atoms with Gasteiger partial charge in [0.05, 0.1) is 5.56 Å². The first-order valence-electron chi connectivity index (χ1n) is 5.45. The number of nitrogens with zero attached hydrogens (tertiary/aromatic N) is 1. The van der Waals surface area contributed by atoms with E-state index in [1.165, 1.54) is 0 Å². The highest BCUT2D eigenvalue weighted by atomic mass is 79.9. The van der Waals surface area contributed by atoms with Gasteiger partial charge < -0.3 is 10.6 Å². The molecule has 0 saturated carbocycles. The van der Waals surface area contributed by atoms with Crippen molar-refractivity contribution in [1.29, 1.82) is 0 Å². The number of carbonyl (C=O) groups excluding carboxylic acids is 1. The minimum Gasteiger partial charge on any atom is -0.398 e. The highest BCUT2D eigenvalue weighted by Crippen LogP contribution is 2.24. The van der Waals surface area contributed by atoms with E-state index in [-0.39, 0.29) is 5.91 Å². The third-order valence-corrected chi connectivity index (χ3v) is 3.55. The molecule has 0 radical (unpaired) electrons. The molecule has 1 saturated heterocycles. The molecular formula is C12H15BrN2O. The van der Waals surface area contributed by atoms with Gasteiger partial charge in [0.15, 0.2) is 0 Å². The Morgan fingerprint density at radius 1 is 1.56 bits per heavy atom. The SMILES string of the molecule is CC1CCCN1C(=O)c1ccc(Br)cc1N. The van der Waals surface area contributed by atoms with Gasteiger partial charge in [-0.3, -0.25) is 4.79 Å². The van der Waals surface area contributed by atoms with Crippen molar-refractivity contribution in [2.75, 3.05) is 12.3 Å². The number of nitrogen functional groups attached to an aromatic ring is 1. The molecule has 2 rings (SSSR count). The highest BCUT2D eigenvalue weighted by Gasteiger charge is 2.26. The van der Waals surface area contributed by atoms with E-state index >= 15 is 0 Å². The number of nitrogens with two attached hydrogens (primary N) is 1. The summed E-state index contributed by atoms with van der Waals surface area (Å²) in [5.41, 5.74) is 7.01. The van der Waals surface area contributed by atoms with Crippen molar-refractivity contribution in [3.05, 3.63) is 28.2 Å². The van der Waals surface area contributed by atoms with Crippen LogP contribution in [0, 0.1) is 0 Å². The molecule has 1 aliphatic rings. The first-order valence-corrected chi connectivity index (χ1v) is 6.25. The van der Waals surface area contributed by atoms with Crippen molar-refractivity contribution in [3.63, 3.8) is 0 Å². The molecule has 1 aromatic rings. The summed E-state index contributed by atoms with van der Waals surface area (Å²) in [5, 5.41) is 0. The average molecular weight is 283 g/mol. The van der Waals surface area contributed by atoms with Crippen LogP contribution in [0.25, 0.3) is 0 Å². The Labute approximate surface area is 104 Å². The number of likely N-dealkylation sites (tertiary alicyclic amines) is 1. The van der Waals surface area contributed by atoms with Gasteiger partial charge in [-0.25, -0.2) is 0 Å². The lowest BCUT2D eigenvalue weighted by Gasteiger charge is -2.22. The minimum absolute atomic E-state index is 0.0509. The molecule has 16 heavy (non-hydrogen) atoms. The number of benzene rings is 1. The van der Waals surface area contributed by atoms with E-state index in [4.69, 9.17) is 5.73 Å². The summed E-state index contributed by atoms with van der Waals surface area (Å²) in [6.45, 7) is 2.93. The maximum Gasteiger partial charge on any atom is 0.256 e. The summed E-state index contributed by atoms with van der Waals surface area (Å²) in [6, 6.07) is 5.74. The normalized spacial score (nSPS) is 20.1. The third kappa shape index (κ3) is 2.07. The average Bonchev–Trinajstić information content (AvgIpc) is 2.63. The lowest BCUT2D eigenvalue weighted by Crippen LogP contribution is -2.34. The van der Waals surface area contributed by atoms with Gasteiger partial charge in [0.1, 0.15) is 0 Å². The topological polar surface area (TPSA) is 46.3 Å². The second kappa shape index (κ2) is 4.45. The summed E-state index contributed by atoms with van der Waals surface area (Å²) in [4.78, 5) is 14.1. The van der Waals surface area contributed by atoms with Crippen LogP contribution in [0.4, 0.5) is 5.69 Å². The molecule has 86 valence electrons. The zero-order valence-electron chi connectivity index (χ0n) is 9.24. The standard InChI is InChI=1S/C12H15BrN2O/c1-8-3-2-6-15(8)12(16)10-5-4-9(13)7-11(10)14/h4-5,7-8H,2-3,6,14H2,1H3. The fourth-order valence-corrected chi connectivity index (χ4v) is 2.50. The molecule has 2 N–H and O–H groups in total. The summed E-state index contributed by atoms with van der Waals surface area (Å²) < 4.78 is 0.899. The Morgan fingerprint density at radius 3 is 2.88 bits per heavy atom. The van der Waals surface area contributed by atoms with Crippen molar-refractivity contribution in [2.24, 2.45) is 0 Å². The molecule has 4 heteroatoms. The van der Waals surface area contributed by atoms with E-state index in [1.807, 2.05) is 11.0 Å². The first-order chi connectivity index (χ1) is 7.59. The summed E-state index contributed by atoms with van der Waals surface area (Å²) in [5.74, 6) is 0.0509. The number of anilines is 1. The smallest absolute Gasteiger partial charge is 0.256 e. The molecule has 1 amide bonds. The van der Waals surface area contributed by atoms with Gasteiger partial charge in [-0.2, -0.15) is 0 Å². The molecule has 1 fully saturated rings. The largest absolute Gasteiger partial charge is 0.398 e. The quantitative estimate of drug-likeness (QED) is 0.805. The van der Waals surface area contributed by atoms with Crippen molar-refractivity contribution in [3.8, 4) is 0 Å².